The first-order valence-corrected chi connectivity index (χ1v) is 11.5. The van der Waals surface area contributed by atoms with E-state index in [1.165, 1.54) is 76.9 Å². The fraction of sp³-hybridized carbons (Fsp3) is 0.500. The molecule has 0 saturated carbocycles. The summed E-state index contributed by atoms with van der Waals surface area (Å²) < 4.78 is 2.88. The van der Waals surface area contributed by atoms with Crippen LogP contribution in [0.25, 0.3) is 19.2 Å². The van der Waals surface area contributed by atoms with Gasteiger partial charge in [0.2, 0.25) is 0 Å². The molecule has 3 aromatic rings. The molecule has 0 radical (unpaired) electrons. The van der Waals surface area contributed by atoms with E-state index < -0.39 is 0 Å². The number of hydrogen-bond acceptors (Lipinski definition) is 3. The molecule has 0 aliphatic carbocycles. The lowest BCUT2D eigenvalue weighted by Gasteiger charge is -2.03. The van der Waals surface area contributed by atoms with E-state index >= 15 is 0 Å². The second-order valence-corrected chi connectivity index (χ2v) is 9.21. The lowest BCUT2D eigenvalue weighted by molar-refractivity contribution is 0.576. The molecule has 3 rings (SSSR count). The maximum absolute atomic E-state index is 2.38. The Bertz CT molecular complexity index is 673. The van der Waals surface area contributed by atoms with Gasteiger partial charge in [0.25, 0.3) is 0 Å². The molecule has 0 atom stereocenters. The van der Waals surface area contributed by atoms with Gasteiger partial charge in [-0.15, -0.1) is 34.0 Å². The maximum atomic E-state index is 2.38. The van der Waals surface area contributed by atoms with Gasteiger partial charge in [-0.25, -0.2) is 0 Å². The van der Waals surface area contributed by atoms with Gasteiger partial charge < -0.3 is 0 Å². The van der Waals surface area contributed by atoms with Crippen molar-refractivity contribution in [1.29, 1.82) is 0 Å². The van der Waals surface area contributed by atoms with Crippen LogP contribution in [0.2, 0.25) is 0 Å². The molecule has 0 saturated heterocycles. The average Bonchev–Trinajstić information content (AvgIpc) is 3.24. The van der Waals surface area contributed by atoms with Crippen LogP contribution in [0.4, 0.5) is 0 Å². The van der Waals surface area contributed by atoms with E-state index in [9.17, 15) is 0 Å². The number of hydrogen-bond donors (Lipinski definition) is 0. The first-order chi connectivity index (χ1) is 11.4. The summed E-state index contributed by atoms with van der Waals surface area (Å²) >= 11 is 5.72. The van der Waals surface area contributed by atoms with Crippen molar-refractivity contribution in [3.05, 3.63) is 34.5 Å². The quantitative estimate of drug-likeness (QED) is 0.318. The summed E-state index contributed by atoms with van der Waals surface area (Å²) in [6.45, 7) is 2.29. The largest absolute Gasteiger partial charge is 0.143 e. The molecule has 124 valence electrons. The number of unbranched alkanes of at least 4 members (excludes halogenated alkanes) is 7. The predicted molar refractivity (Wildman–Crippen MR) is 109 cm³/mol. The van der Waals surface area contributed by atoms with Crippen LogP contribution in [0.15, 0.2) is 29.0 Å². The van der Waals surface area contributed by atoms with Crippen LogP contribution in [-0.4, -0.2) is 0 Å². The van der Waals surface area contributed by atoms with Crippen molar-refractivity contribution in [2.24, 2.45) is 0 Å². The highest BCUT2D eigenvalue weighted by Gasteiger charge is 2.11. The average molecular weight is 363 g/mol. The zero-order chi connectivity index (χ0) is 15.9. The number of rotatable bonds is 10. The van der Waals surface area contributed by atoms with Crippen molar-refractivity contribution >= 4 is 43.4 Å². The van der Waals surface area contributed by atoms with Crippen LogP contribution in [0.1, 0.15) is 63.9 Å². The molecular weight excluding hydrogens is 336 g/mol. The summed E-state index contributed by atoms with van der Waals surface area (Å²) in [5.41, 5.74) is 1.56. The molecule has 23 heavy (non-hydrogen) atoms. The number of thiophene rings is 3. The van der Waals surface area contributed by atoms with E-state index in [1.807, 2.05) is 34.0 Å². The zero-order valence-electron chi connectivity index (χ0n) is 14.0. The first kappa shape index (κ1) is 17.2. The van der Waals surface area contributed by atoms with Gasteiger partial charge in [-0.2, -0.15) is 0 Å². The molecule has 0 nitrogen and oxygen atoms in total. The topological polar surface area (TPSA) is 0 Å². The summed E-state index contributed by atoms with van der Waals surface area (Å²) in [4.78, 5) is 2.98. The number of aryl methyl sites for hydroxylation is 1. The minimum absolute atomic E-state index is 1.25. The summed E-state index contributed by atoms with van der Waals surface area (Å²) in [6, 6.07) is 6.97. The van der Waals surface area contributed by atoms with Gasteiger partial charge >= 0.3 is 0 Å². The molecule has 0 aliphatic rings. The Balaban J connectivity index is 1.46. The summed E-state index contributed by atoms with van der Waals surface area (Å²) in [7, 11) is 0. The van der Waals surface area contributed by atoms with Gasteiger partial charge in [0.15, 0.2) is 0 Å². The van der Waals surface area contributed by atoms with Gasteiger partial charge in [-0.1, -0.05) is 51.9 Å². The van der Waals surface area contributed by atoms with Gasteiger partial charge in [0, 0.05) is 19.2 Å². The summed E-state index contributed by atoms with van der Waals surface area (Å²) in [5.74, 6) is 0. The fourth-order valence-electron chi connectivity index (χ4n) is 3.08. The van der Waals surface area contributed by atoms with Crippen LogP contribution >= 0.6 is 34.0 Å². The lowest BCUT2D eigenvalue weighted by atomic mass is 10.0. The second kappa shape index (κ2) is 9.00. The Hall–Kier alpha value is -0.640. The molecule has 0 bridgehead atoms. The standard InChI is InChI=1S/C20H26S3/c1-2-3-4-5-6-7-8-9-10-16-11-13-22-20(16)19-15-18-17(23-19)12-14-21-18/h11-15H,2-10H2,1H3. The third-order valence-corrected chi connectivity index (χ3v) is 7.64. The van der Waals surface area contributed by atoms with Crippen LogP contribution in [0.5, 0.6) is 0 Å². The predicted octanol–water partition coefficient (Wildman–Crippen LogP) is 8.37. The van der Waals surface area contributed by atoms with Crippen LogP contribution in [0.3, 0.4) is 0 Å². The SMILES string of the molecule is CCCCCCCCCCc1ccsc1-c1cc2sccc2s1. The molecule has 3 heteroatoms. The van der Waals surface area contributed by atoms with Gasteiger partial charge in [-0.05, 0) is 47.4 Å². The Morgan fingerprint density at radius 3 is 2.30 bits per heavy atom. The van der Waals surface area contributed by atoms with Gasteiger partial charge in [-0.3, -0.25) is 0 Å². The third kappa shape index (κ3) is 4.68. The minimum Gasteiger partial charge on any atom is -0.143 e. The molecule has 0 spiro atoms. The smallest absolute Gasteiger partial charge is 0.0475 e. The molecule has 3 heterocycles. The van der Waals surface area contributed by atoms with Crippen molar-refractivity contribution in [2.75, 3.05) is 0 Å². The molecule has 0 aromatic carbocycles. The molecular formula is C20H26S3. The van der Waals surface area contributed by atoms with Crippen LogP contribution < -0.4 is 0 Å². The van der Waals surface area contributed by atoms with Crippen molar-refractivity contribution < 1.29 is 0 Å². The van der Waals surface area contributed by atoms with Crippen molar-refractivity contribution in [3.63, 3.8) is 0 Å². The summed E-state index contributed by atoms with van der Waals surface area (Å²) in [5, 5.41) is 4.46. The highest BCUT2D eigenvalue weighted by molar-refractivity contribution is 7.30. The van der Waals surface area contributed by atoms with Crippen molar-refractivity contribution in [1.82, 2.24) is 0 Å². The van der Waals surface area contributed by atoms with E-state index in [1.54, 1.807) is 5.56 Å². The van der Waals surface area contributed by atoms with Gasteiger partial charge in [0.1, 0.15) is 0 Å². The Morgan fingerprint density at radius 2 is 1.52 bits per heavy atom. The van der Waals surface area contributed by atoms with Crippen LogP contribution in [-0.2, 0) is 6.42 Å². The van der Waals surface area contributed by atoms with E-state index in [2.05, 4.69) is 35.9 Å². The third-order valence-electron chi connectivity index (χ3n) is 4.41. The monoisotopic (exact) mass is 362 g/mol. The molecule has 0 aliphatic heterocycles. The van der Waals surface area contributed by atoms with E-state index in [0.29, 0.717) is 0 Å². The maximum Gasteiger partial charge on any atom is 0.0475 e. The highest BCUT2D eigenvalue weighted by Crippen LogP contribution is 2.40. The van der Waals surface area contributed by atoms with Crippen molar-refractivity contribution in [2.45, 2.75) is 64.7 Å². The summed E-state index contributed by atoms with van der Waals surface area (Å²) in [6.07, 6.45) is 12.5. The molecule has 0 fully saturated rings. The molecule has 0 unspecified atom stereocenters. The normalized spacial score (nSPS) is 11.5. The minimum atomic E-state index is 1.25. The number of fused-ring (bicyclic) bond motifs is 1. The molecule has 3 aromatic heterocycles. The van der Waals surface area contributed by atoms with E-state index in [4.69, 9.17) is 0 Å². The Morgan fingerprint density at radius 1 is 0.783 bits per heavy atom. The lowest BCUT2D eigenvalue weighted by Crippen LogP contribution is -1.86. The van der Waals surface area contributed by atoms with Gasteiger partial charge in [0.05, 0.1) is 0 Å². The molecule has 0 amide bonds. The van der Waals surface area contributed by atoms with Crippen LogP contribution in [0, 0.1) is 0 Å². The second-order valence-electron chi connectivity index (χ2n) is 6.26. The fourth-order valence-corrected chi connectivity index (χ4v) is 6.29. The van der Waals surface area contributed by atoms with E-state index in [-0.39, 0.29) is 0 Å². The Kier molecular flexibility index (Phi) is 6.73. The zero-order valence-corrected chi connectivity index (χ0v) is 16.4. The highest BCUT2D eigenvalue weighted by atomic mass is 32.1. The Labute approximate surface area is 152 Å². The first-order valence-electron chi connectivity index (χ1n) is 8.92. The van der Waals surface area contributed by atoms with E-state index in [0.717, 1.165) is 0 Å². The molecule has 0 N–H and O–H groups in total. The van der Waals surface area contributed by atoms with Crippen molar-refractivity contribution in [3.8, 4) is 9.75 Å².